The van der Waals surface area contributed by atoms with Gasteiger partial charge in [-0.05, 0) is 23.8 Å². The van der Waals surface area contributed by atoms with E-state index in [1.807, 2.05) is 42.5 Å². The van der Waals surface area contributed by atoms with Crippen molar-refractivity contribution in [1.82, 2.24) is 9.88 Å². The molecule has 26 heavy (non-hydrogen) atoms. The predicted molar refractivity (Wildman–Crippen MR) is 103 cm³/mol. The number of fused-ring (bicyclic) bond motifs is 1. The lowest BCUT2D eigenvalue weighted by Gasteiger charge is -2.16. The van der Waals surface area contributed by atoms with Crippen LogP contribution in [0.3, 0.4) is 0 Å². The van der Waals surface area contributed by atoms with Crippen LogP contribution in [0.25, 0.3) is 10.2 Å². The number of hydrogen-bond donors (Lipinski definition) is 1. The third-order valence-electron chi connectivity index (χ3n) is 4.38. The Morgan fingerprint density at radius 2 is 2.08 bits per heavy atom. The normalized spacial score (nSPS) is 17.0. The van der Waals surface area contributed by atoms with Crippen LogP contribution in [0.1, 0.15) is 12.0 Å². The van der Waals surface area contributed by atoms with Crippen LogP contribution in [-0.2, 0) is 16.1 Å². The lowest BCUT2D eigenvalue weighted by Crippen LogP contribution is -2.28. The first-order chi connectivity index (χ1) is 12.6. The van der Waals surface area contributed by atoms with Gasteiger partial charge in [0.1, 0.15) is 0 Å². The molecule has 4 rings (SSSR count). The van der Waals surface area contributed by atoms with Gasteiger partial charge >= 0.3 is 0 Å². The fourth-order valence-electron chi connectivity index (χ4n) is 3.06. The maximum atomic E-state index is 12.6. The molecule has 2 heterocycles. The van der Waals surface area contributed by atoms with Crippen molar-refractivity contribution in [3.8, 4) is 0 Å². The number of amides is 2. The number of nitrogens with zero attached hydrogens (tertiary/aromatic N) is 2. The summed E-state index contributed by atoms with van der Waals surface area (Å²) in [4.78, 5) is 30.9. The van der Waals surface area contributed by atoms with Crippen LogP contribution < -0.4 is 5.32 Å². The predicted octanol–water partition coefficient (Wildman–Crippen LogP) is 3.94. The molecule has 7 heteroatoms. The Balaban J connectivity index is 1.42. The van der Waals surface area contributed by atoms with E-state index in [1.54, 1.807) is 11.0 Å². The number of aromatic nitrogens is 1. The molecule has 1 aromatic heterocycles. The van der Waals surface area contributed by atoms with Crippen LogP contribution in [0, 0.1) is 5.92 Å². The Bertz CT molecular complexity index is 973. The number of carbonyl (C=O) groups is 2. The summed E-state index contributed by atoms with van der Waals surface area (Å²) in [5.41, 5.74) is 1.85. The van der Waals surface area contributed by atoms with Crippen molar-refractivity contribution in [3.05, 3.63) is 59.1 Å². The van der Waals surface area contributed by atoms with Gasteiger partial charge in [0.25, 0.3) is 0 Å². The van der Waals surface area contributed by atoms with Crippen molar-refractivity contribution >= 4 is 50.1 Å². The Labute approximate surface area is 159 Å². The number of rotatable bonds is 4. The summed E-state index contributed by atoms with van der Waals surface area (Å²) in [7, 11) is 0. The minimum atomic E-state index is -0.359. The molecule has 2 amide bonds. The molecule has 1 saturated heterocycles. The smallest absolute Gasteiger partial charge is 0.231 e. The molecule has 1 aliphatic rings. The Morgan fingerprint density at radius 3 is 2.88 bits per heavy atom. The molecule has 3 aromatic rings. The number of benzene rings is 2. The molecule has 132 valence electrons. The molecule has 0 unspecified atom stereocenters. The molecule has 2 aromatic carbocycles. The van der Waals surface area contributed by atoms with Crippen molar-refractivity contribution < 1.29 is 9.59 Å². The van der Waals surface area contributed by atoms with E-state index in [0.717, 1.165) is 15.8 Å². The Hall–Kier alpha value is -2.44. The third-order valence-corrected chi connectivity index (χ3v) is 5.55. The molecule has 0 radical (unpaired) electrons. The zero-order valence-electron chi connectivity index (χ0n) is 13.8. The van der Waals surface area contributed by atoms with E-state index in [4.69, 9.17) is 11.6 Å². The SMILES string of the molecule is O=C(Nc1nc2ccc(Cl)cc2s1)[C@H]1CC(=O)N(Cc2ccccc2)C1. The Morgan fingerprint density at radius 1 is 1.27 bits per heavy atom. The number of hydrogen-bond acceptors (Lipinski definition) is 4. The van der Waals surface area contributed by atoms with Crippen molar-refractivity contribution in [2.45, 2.75) is 13.0 Å². The second-order valence-corrected chi connectivity index (χ2v) is 7.75. The van der Waals surface area contributed by atoms with Crippen molar-refractivity contribution in [1.29, 1.82) is 0 Å². The van der Waals surface area contributed by atoms with Crippen LogP contribution in [0.4, 0.5) is 5.13 Å². The zero-order valence-corrected chi connectivity index (χ0v) is 15.4. The number of nitrogens with one attached hydrogen (secondary N) is 1. The van der Waals surface area contributed by atoms with Gasteiger partial charge < -0.3 is 10.2 Å². The zero-order chi connectivity index (χ0) is 18.1. The molecule has 0 spiro atoms. The van der Waals surface area contributed by atoms with Gasteiger partial charge in [-0.2, -0.15) is 0 Å². The average molecular weight is 386 g/mol. The highest BCUT2D eigenvalue weighted by Crippen LogP contribution is 2.29. The van der Waals surface area contributed by atoms with E-state index < -0.39 is 0 Å². The Kier molecular flexibility index (Phi) is 4.61. The van der Waals surface area contributed by atoms with Gasteiger partial charge in [-0.1, -0.05) is 53.3 Å². The fourth-order valence-corrected chi connectivity index (χ4v) is 4.21. The first-order valence-electron chi connectivity index (χ1n) is 8.27. The van der Waals surface area contributed by atoms with Gasteiger partial charge in [0.15, 0.2) is 5.13 Å². The van der Waals surface area contributed by atoms with Gasteiger partial charge in [-0.25, -0.2) is 4.98 Å². The maximum absolute atomic E-state index is 12.6. The van der Waals surface area contributed by atoms with E-state index in [-0.39, 0.29) is 24.2 Å². The van der Waals surface area contributed by atoms with E-state index in [1.165, 1.54) is 11.3 Å². The topological polar surface area (TPSA) is 62.3 Å². The van der Waals surface area contributed by atoms with Crippen LogP contribution in [-0.4, -0.2) is 28.2 Å². The summed E-state index contributed by atoms with van der Waals surface area (Å²) in [6.07, 6.45) is 0.232. The minimum absolute atomic E-state index is 0.00471. The number of anilines is 1. The lowest BCUT2D eigenvalue weighted by molar-refractivity contribution is -0.128. The number of likely N-dealkylation sites (tertiary alicyclic amines) is 1. The van der Waals surface area contributed by atoms with Crippen LogP contribution in [0.15, 0.2) is 48.5 Å². The first kappa shape index (κ1) is 17.0. The summed E-state index contributed by atoms with van der Waals surface area (Å²) >= 11 is 7.36. The third kappa shape index (κ3) is 3.57. The number of halogens is 1. The van der Waals surface area contributed by atoms with Crippen LogP contribution in [0.5, 0.6) is 0 Å². The quantitative estimate of drug-likeness (QED) is 0.740. The summed E-state index contributed by atoms with van der Waals surface area (Å²) in [6, 6.07) is 15.2. The second-order valence-electron chi connectivity index (χ2n) is 6.28. The van der Waals surface area contributed by atoms with Gasteiger partial charge in [0.2, 0.25) is 11.8 Å². The van der Waals surface area contributed by atoms with Crippen molar-refractivity contribution in [2.75, 3.05) is 11.9 Å². The van der Waals surface area contributed by atoms with E-state index in [9.17, 15) is 9.59 Å². The standard InChI is InChI=1S/C19H16ClN3O2S/c20-14-6-7-15-16(9-14)26-19(21-15)22-18(25)13-8-17(24)23(11-13)10-12-4-2-1-3-5-12/h1-7,9,13H,8,10-11H2,(H,21,22,25)/t13-/m0/s1. The summed E-state index contributed by atoms with van der Waals surface area (Å²) in [5, 5.41) is 4.01. The van der Waals surface area contributed by atoms with Gasteiger partial charge in [-0.3, -0.25) is 9.59 Å². The summed E-state index contributed by atoms with van der Waals surface area (Å²) in [5.74, 6) is -0.522. The minimum Gasteiger partial charge on any atom is -0.338 e. The first-order valence-corrected chi connectivity index (χ1v) is 9.46. The highest BCUT2D eigenvalue weighted by molar-refractivity contribution is 7.22. The molecule has 1 aliphatic heterocycles. The number of thiazole rings is 1. The average Bonchev–Trinajstić information content (AvgIpc) is 3.18. The molecule has 0 bridgehead atoms. The van der Waals surface area contributed by atoms with Crippen molar-refractivity contribution in [3.63, 3.8) is 0 Å². The molecular formula is C19H16ClN3O2S. The molecule has 1 fully saturated rings. The molecular weight excluding hydrogens is 370 g/mol. The summed E-state index contributed by atoms with van der Waals surface area (Å²) < 4.78 is 0.918. The van der Waals surface area contributed by atoms with Crippen LogP contribution >= 0.6 is 22.9 Å². The number of carbonyl (C=O) groups excluding carboxylic acids is 2. The van der Waals surface area contributed by atoms with Gasteiger partial charge in [0, 0.05) is 24.5 Å². The van der Waals surface area contributed by atoms with Crippen molar-refractivity contribution in [2.24, 2.45) is 5.92 Å². The summed E-state index contributed by atoms with van der Waals surface area (Å²) in [6.45, 7) is 0.958. The molecule has 1 N–H and O–H groups in total. The highest BCUT2D eigenvalue weighted by Gasteiger charge is 2.34. The monoisotopic (exact) mass is 385 g/mol. The van der Waals surface area contributed by atoms with Gasteiger partial charge in [-0.15, -0.1) is 0 Å². The molecule has 0 saturated carbocycles. The fraction of sp³-hybridized carbons (Fsp3) is 0.211. The molecule has 1 atom stereocenters. The molecule has 5 nitrogen and oxygen atoms in total. The van der Waals surface area contributed by atoms with Gasteiger partial charge in [0.05, 0.1) is 16.1 Å². The molecule has 0 aliphatic carbocycles. The van der Waals surface area contributed by atoms with E-state index in [0.29, 0.717) is 23.2 Å². The largest absolute Gasteiger partial charge is 0.338 e. The lowest BCUT2D eigenvalue weighted by atomic mass is 10.1. The highest BCUT2D eigenvalue weighted by atomic mass is 35.5. The van der Waals surface area contributed by atoms with E-state index in [2.05, 4.69) is 10.3 Å². The maximum Gasteiger partial charge on any atom is 0.231 e. The van der Waals surface area contributed by atoms with E-state index >= 15 is 0 Å². The van der Waals surface area contributed by atoms with Crippen LogP contribution in [0.2, 0.25) is 5.02 Å². The second kappa shape index (κ2) is 7.05.